The van der Waals surface area contributed by atoms with Gasteiger partial charge in [0.2, 0.25) is 0 Å². The van der Waals surface area contributed by atoms with E-state index in [1.54, 1.807) is 0 Å². The minimum Gasteiger partial charge on any atom is -0.372 e. The standard InChI is InChI=1S/C11H20F3N3O/c12-11(13,14)8-18-6-2-5-16-10(15)17-7-9-3-1-4-9/h9H,1-8H2,(H3,15,16,17). The normalized spacial score (nSPS) is 17.6. The highest BCUT2D eigenvalue weighted by molar-refractivity contribution is 5.77. The van der Waals surface area contributed by atoms with Crippen LogP contribution in [0.4, 0.5) is 13.2 Å². The summed E-state index contributed by atoms with van der Waals surface area (Å²) in [5.41, 5.74) is 5.60. The van der Waals surface area contributed by atoms with Crippen molar-refractivity contribution in [3.63, 3.8) is 0 Å². The molecule has 3 N–H and O–H groups in total. The molecule has 4 nitrogen and oxygen atoms in total. The first kappa shape index (κ1) is 15.1. The number of guanidine groups is 1. The maximum Gasteiger partial charge on any atom is 0.411 e. The second kappa shape index (κ2) is 7.45. The SMILES string of the molecule is NC(=NCC1CCC1)NCCCOCC(F)(F)F. The predicted molar refractivity (Wildman–Crippen MR) is 63.3 cm³/mol. The van der Waals surface area contributed by atoms with Gasteiger partial charge in [-0.25, -0.2) is 0 Å². The van der Waals surface area contributed by atoms with Crippen molar-refractivity contribution in [1.29, 1.82) is 0 Å². The fourth-order valence-corrected chi connectivity index (χ4v) is 1.54. The monoisotopic (exact) mass is 267 g/mol. The predicted octanol–water partition coefficient (Wildman–Crippen LogP) is 1.66. The Kier molecular flexibility index (Phi) is 6.24. The lowest BCUT2D eigenvalue weighted by molar-refractivity contribution is -0.173. The quantitative estimate of drug-likeness (QED) is 0.419. The van der Waals surface area contributed by atoms with E-state index in [9.17, 15) is 13.2 Å². The summed E-state index contributed by atoms with van der Waals surface area (Å²) in [5, 5.41) is 2.85. The van der Waals surface area contributed by atoms with E-state index in [4.69, 9.17) is 5.73 Å². The third kappa shape index (κ3) is 7.37. The molecule has 7 heteroatoms. The second-order valence-corrected chi connectivity index (χ2v) is 4.47. The van der Waals surface area contributed by atoms with Gasteiger partial charge in [-0.15, -0.1) is 0 Å². The fourth-order valence-electron chi connectivity index (χ4n) is 1.54. The molecule has 0 atom stereocenters. The Balaban J connectivity index is 1.93. The Morgan fingerprint density at radius 3 is 2.67 bits per heavy atom. The highest BCUT2D eigenvalue weighted by atomic mass is 19.4. The van der Waals surface area contributed by atoms with Crippen molar-refractivity contribution >= 4 is 5.96 Å². The van der Waals surface area contributed by atoms with Crippen LogP contribution in [0.1, 0.15) is 25.7 Å². The molecule has 0 aromatic heterocycles. The third-order valence-electron chi connectivity index (χ3n) is 2.78. The van der Waals surface area contributed by atoms with Gasteiger partial charge in [-0.05, 0) is 25.2 Å². The van der Waals surface area contributed by atoms with Crippen LogP contribution in [0, 0.1) is 5.92 Å². The molecule has 0 aromatic carbocycles. The minimum absolute atomic E-state index is 0.0580. The zero-order valence-corrected chi connectivity index (χ0v) is 10.3. The third-order valence-corrected chi connectivity index (χ3v) is 2.78. The topological polar surface area (TPSA) is 59.6 Å². The lowest BCUT2D eigenvalue weighted by Gasteiger charge is -2.23. The smallest absolute Gasteiger partial charge is 0.372 e. The minimum atomic E-state index is -4.25. The van der Waals surface area contributed by atoms with E-state index in [0.29, 0.717) is 24.8 Å². The molecule has 0 amide bonds. The van der Waals surface area contributed by atoms with Crippen molar-refractivity contribution in [2.45, 2.75) is 31.9 Å². The summed E-state index contributed by atoms with van der Waals surface area (Å²) in [7, 11) is 0. The molecule has 0 radical (unpaired) electrons. The summed E-state index contributed by atoms with van der Waals surface area (Å²) in [6.07, 6.45) is -0.0966. The number of hydrogen-bond acceptors (Lipinski definition) is 2. The molecule has 18 heavy (non-hydrogen) atoms. The number of nitrogens with one attached hydrogen (secondary N) is 1. The maximum atomic E-state index is 11.7. The lowest BCUT2D eigenvalue weighted by Crippen LogP contribution is -2.34. The molecular weight excluding hydrogens is 247 g/mol. The van der Waals surface area contributed by atoms with Crippen molar-refractivity contribution in [1.82, 2.24) is 5.32 Å². The average molecular weight is 267 g/mol. The van der Waals surface area contributed by atoms with Crippen molar-refractivity contribution < 1.29 is 17.9 Å². The van der Waals surface area contributed by atoms with Crippen molar-refractivity contribution in [2.75, 3.05) is 26.3 Å². The number of alkyl halides is 3. The van der Waals surface area contributed by atoms with Crippen LogP contribution in [0.15, 0.2) is 4.99 Å². The largest absolute Gasteiger partial charge is 0.411 e. The van der Waals surface area contributed by atoms with Crippen molar-refractivity contribution in [3.8, 4) is 0 Å². The van der Waals surface area contributed by atoms with Crippen LogP contribution in [0.3, 0.4) is 0 Å². The Morgan fingerprint density at radius 2 is 2.11 bits per heavy atom. The van der Waals surface area contributed by atoms with E-state index in [1.165, 1.54) is 19.3 Å². The summed E-state index contributed by atoms with van der Waals surface area (Å²) in [5.74, 6) is 1.01. The first-order chi connectivity index (χ1) is 8.47. The van der Waals surface area contributed by atoms with E-state index < -0.39 is 12.8 Å². The molecule has 0 unspecified atom stereocenters. The molecule has 0 spiro atoms. The second-order valence-electron chi connectivity index (χ2n) is 4.47. The molecule has 106 valence electrons. The van der Waals surface area contributed by atoms with Gasteiger partial charge in [-0.1, -0.05) is 6.42 Å². The van der Waals surface area contributed by atoms with Crippen LogP contribution in [0.5, 0.6) is 0 Å². The summed E-state index contributed by atoms with van der Waals surface area (Å²) >= 11 is 0. The zero-order chi connectivity index (χ0) is 13.4. The van der Waals surface area contributed by atoms with Gasteiger partial charge in [-0.2, -0.15) is 13.2 Å². The zero-order valence-electron chi connectivity index (χ0n) is 10.3. The van der Waals surface area contributed by atoms with Gasteiger partial charge >= 0.3 is 6.18 Å². The van der Waals surface area contributed by atoms with Crippen LogP contribution >= 0.6 is 0 Å². The van der Waals surface area contributed by atoms with Gasteiger partial charge in [0, 0.05) is 19.7 Å². The van der Waals surface area contributed by atoms with Crippen LogP contribution < -0.4 is 11.1 Å². The molecule has 1 saturated carbocycles. The molecule has 0 saturated heterocycles. The number of nitrogens with zero attached hydrogens (tertiary/aromatic N) is 1. The van der Waals surface area contributed by atoms with Crippen LogP contribution in [-0.4, -0.2) is 38.4 Å². The van der Waals surface area contributed by atoms with Gasteiger partial charge in [0.25, 0.3) is 0 Å². The summed E-state index contributed by atoms with van der Waals surface area (Å²) in [6.45, 7) is 0.0714. The number of ether oxygens (including phenoxy) is 1. The summed E-state index contributed by atoms with van der Waals surface area (Å²) < 4.78 is 39.6. The Bertz CT molecular complexity index is 265. The van der Waals surface area contributed by atoms with E-state index in [0.717, 1.165) is 6.54 Å². The number of aliphatic imine (C=N–C) groups is 1. The molecule has 1 fully saturated rings. The van der Waals surface area contributed by atoms with Crippen LogP contribution in [0.25, 0.3) is 0 Å². The number of hydrogen-bond donors (Lipinski definition) is 2. The van der Waals surface area contributed by atoms with E-state index >= 15 is 0 Å². The first-order valence-corrected chi connectivity index (χ1v) is 6.15. The number of halogens is 3. The average Bonchev–Trinajstić information content (AvgIpc) is 2.19. The van der Waals surface area contributed by atoms with Crippen molar-refractivity contribution in [2.24, 2.45) is 16.6 Å². The maximum absolute atomic E-state index is 11.7. The molecule has 0 aromatic rings. The van der Waals surface area contributed by atoms with E-state index in [2.05, 4.69) is 15.0 Å². The van der Waals surface area contributed by atoms with Gasteiger partial charge in [-0.3, -0.25) is 4.99 Å². The Morgan fingerprint density at radius 1 is 1.39 bits per heavy atom. The first-order valence-electron chi connectivity index (χ1n) is 6.15. The Hall–Kier alpha value is -0.980. The molecule has 1 rings (SSSR count). The van der Waals surface area contributed by atoms with Gasteiger partial charge in [0.1, 0.15) is 6.61 Å². The molecule has 0 bridgehead atoms. The van der Waals surface area contributed by atoms with Gasteiger partial charge in [0.05, 0.1) is 0 Å². The Labute approximate surface area is 105 Å². The van der Waals surface area contributed by atoms with Crippen LogP contribution in [0.2, 0.25) is 0 Å². The van der Waals surface area contributed by atoms with Crippen molar-refractivity contribution in [3.05, 3.63) is 0 Å². The van der Waals surface area contributed by atoms with Gasteiger partial charge < -0.3 is 15.8 Å². The number of rotatable bonds is 7. The van der Waals surface area contributed by atoms with Crippen LogP contribution in [-0.2, 0) is 4.74 Å². The highest BCUT2D eigenvalue weighted by Gasteiger charge is 2.27. The lowest BCUT2D eigenvalue weighted by atomic mass is 9.86. The molecule has 1 aliphatic carbocycles. The highest BCUT2D eigenvalue weighted by Crippen LogP contribution is 2.26. The number of nitrogens with two attached hydrogens (primary N) is 1. The molecule has 0 aliphatic heterocycles. The summed E-state index contributed by atoms with van der Waals surface area (Å²) in [4.78, 5) is 4.17. The fraction of sp³-hybridized carbons (Fsp3) is 0.909. The molecular formula is C11H20F3N3O. The molecule has 1 aliphatic rings. The summed E-state index contributed by atoms with van der Waals surface area (Å²) in [6, 6.07) is 0. The van der Waals surface area contributed by atoms with E-state index in [1.807, 2.05) is 0 Å². The van der Waals surface area contributed by atoms with E-state index in [-0.39, 0.29) is 6.61 Å². The molecule has 0 heterocycles. The van der Waals surface area contributed by atoms with Gasteiger partial charge in [0.15, 0.2) is 5.96 Å².